The highest BCUT2D eigenvalue weighted by Gasteiger charge is 2.04. The van der Waals surface area contributed by atoms with Gasteiger partial charge in [-0.15, -0.1) is 0 Å². The molecule has 88 valence electrons. The maximum absolute atomic E-state index is 13.4. The van der Waals surface area contributed by atoms with E-state index in [1.54, 1.807) is 18.2 Å². The van der Waals surface area contributed by atoms with Gasteiger partial charge in [-0.05, 0) is 42.3 Å². The van der Waals surface area contributed by atoms with Crippen LogP contribution in [-0.2, 0) is 5.33 Å². The van der Waals surface area contributed by atoms with Crippen LogP contribution in [0, 0.1) is 12.7 Å². The fraction of sp³-hybridized carbons (Fsp3) is 0.143. The smallest absolute Gasteiger partial charge is 0.165 e. The van der Waals surface area contributed by atoms with Crippen LogP contribution < -0.4 is 4.74 Å². The maximum atomic E-state index is 13.4. The lowest BCUT2D eigenvalue weighted by Gasteiger charge is -2.09. The standard InChI is InChI=1S/C14H12BrFO/c1-10-8-12(7-6-11(10)9-15)17-14-5-3-2-4-13(14)16/h2-8H,9H2,1H3. The van der Waals surface area contributed by atoms with Gasteiger partial charge in [-0.3, -0.25) is 0 Å². The number of hydrogen-bond donors (Lipinski definition) is 0. The fourth-order valence-corrected chi connectivity index (χ4v) is 2.17. The predicted molar refractivity (Wildman–Crippen MR) is 70.3 cm³/mol. The van der Waals surface area contributed by atoms with E-state index in [0.717, 1.165) is 10.9 Å². The number of aryl methyl sites for hydroxylation is 1. The first-order valence-electron chi connectivity index (χ1n) is 5.28. The first-order valence-corrected chi connectivity index (χ1v) is 6.40. The van der Waals surface area contributed by atoms with Crippen molar-refractivity contribution in [1.82, 2.24) is 0 Å². The Morgan fingerprint density at radius 1 is 1.18 bits per heavy atom. The Kier molecular flexibility index (Phi) is 3.79. The van der Waals surface area contributed by atoms with Crippen molar-refractivity contribution in [3.63, 3.8) is 0 Å². The summed E-state index contributed by atoms with van der Waals surface area (Å²) in [6.07, 6.45) is 0. The Hall–Kier alpha value is -1.35. The zero-order valence-corrected chi connectivity index (χ0v) is 11.0. The van der Waals surface area contributed by atoms with Gasteiger partial charge in [0.15, 0.2) is 11.6 Å². The van der Waals surface area contributed by atoms with E-state index in [0.29, 0.717) is 5.75 Å². The van der Waals surface area contributed by atoms with E-state index in [4.69, 9.17) is 4.74 Å². The number of rotatable bonds is 3. The van der Waals surface area contributed by atoms with Crippen molar-refractivity contribution >= 4 is 15.9 Å². The normalized spacial score (nSPS) is 10.3. The van der Waals surface area contributed by atoms with Crippen LogP contribution in [-0.4, -0.2) is 0 Å². The van der Waals surface area contributed by atoms with E-state index >= 15 is 0 Å². The zero-order chi connectivity index (χ0) is 12.3. The first kappa shape index (κ1) is 12.1. The number of hydrogen-bond acceptors (Lipinski definition) is 1. The molecule has 0 unspecified atom stereocenters. The monoisotopic (exact) mass is 294 g/mol. The van der Waals surface area contributed by atoms with Gasteiger partial charge >= 0.3 is 0 Å². The fourth-order valence-electron chi connectivity index (χ4n) is 1.54. The van der Waals surface area contributed by atoms with Gasteiger partial charge in [0.2, 0.25) is 0 Å². The molecule has 0 N–H and O–H groups in total. The second-order valence-corrected chi connectivity index (χ2v) is 4.32. The Morgan fingerprint density at radius 3 is 2.59 bits per heavy atom. The Labute approximate surface area is 108 Å². The van der Waals surface area contributed by atoms with Gasteiger partial charge < -0.3 is 4.74 Å². The third kappa shape index (κ3) is 2.86. The van der Waals surface area contributed by atoms with Crippen molar-refractivity contribution in [2.45, 2.75) is 12.3 Å². The molecule has 2 aromatic carbocycles. The molecule has 1 nitrogen and oxygen atoms in total. The molecule has 0 saturated carbocycles. The SMILES string of the molecule is Cc1cc(Oc2ccccc2F)ccc1CBr. The molecule has 0 radical (unpaired) electrons. The third-order valence-corrected chi connectivity index (χ3v) is 3.13. The molecule has 3 heteroatoms. The molecule has 2 aromatic rings. The highest BCUT2D eigenvalue weighted by Crippen LogP contribution is 2.26. The molecular formula is C14H12BrFO. The largest absolute Gasteiger partial charge is 0.454 e. The Bertz CT molecular complexity index is 525. The second kappa shape index (κ2) is 5.32. The van der Waals surface area contributed by atoms with Gasteiger partial charge in [0.1, 0.15) is 5.75 Å². The Morgan fingerprint density at radius 2 is 1.94 bits per heavy atom. The van der Waals surface area contributed by atoms with Crippen LogP contribution in [0.1, 0.15) is 11.1 Å². The molecule has 0 aliphatic heterocycles. The van der Waals surface area contributed by atoms with E-state index in [2.05, 4.69) is 15.9 Å². The average Bonchev–Trinajstić information content (AvgIpc) is 2.32. The van der Waals surface area contributed by atoms with Crippen molar-refractivity contribution in [2.75, 3.05) is 0 Å². The molecule has 0 aromatic heterocycles. The summed E-state index contributed by atoms with van der Waals surface area (Å²) in [5.74, 6) is 0.547. The summed E-state index contributed by atoms with van der Waals surface area (Å²) in [6, 6.07) is 12.1. The lowest BCUT2D eigenvalue weighted by atomic mass is 10.1. The van der Waals surface area contributed by atoms with Gasteiger partial charge in [0, 0.05) is 5.33 Å². The minimum atomic E-state index is -0.352. The zero-order valence-electron chi connectivity index (χ0n) is 9.41. The molecule has 0 saturated heterocycles. The molecule has 0 heterocycles. The van der Waals surface area contributed by atoms with E-state index in [1.807, 2.05) is 25.1 Å². The van der Waals surface area contributed by atoms with Gasteiger partial charge in [-0.2, -0.15) is 0 Å². The van der Waals surface area contributed by atoms with Crippen molar-refractivity contribution in [3.8, 4) is 11.5 Å². The van der Waals surface area contributed by atoms with Crippen LogP contribution >= 0.6 is 15.9 Å². The van der Waals surface area contributed by atoms with Crippen LogP contribution in [0.4, 0.5) is 4.39 Å². The highest BCUT2D eigenvalue weighted by atomic mass is 79.9. The molecule has 0 amide bonds. The molecule has 2 rings (SSSR count). The van der Waals surface area contributed by atoms with Crippen LogP contribution in [0.15, 0.2) is 42.5 Å². The number of halogens is 2. The van der Waals surface area contributed by atoms with Gasteiger partial charge in [-0.1, -0.05) is 34.1 Å². The van der Waals surface area contributed by atoms with Crippen LogP contribution in [0.3, 0.4) is 0 Å². The van der Waals surface area contributed by atoms with Crippen molar-refractivity contribution < 1.29 is 9.13 Å². The number of benzene rings is 2. The minimum absolute atomic E-state index is 0.249. The third-order valence-electron chi connectivity index (χ3n) is 2.52. The molecule has 0 aliphatic rings. The van der Waals surface area contributed by atoms with Crippen LogP contribution in [0.25, 0.3) is 0 Å². The molecule has 0 spiro atoms. The second-order valence-electron chi connectivity index (χ2n) is 3.75. The van der Waals surface area contributed by atoms with Crippen molar-refractivity contribution in [1.29, 1.82) is 0 Å². The first-order chi connectivity index (χ1) is 8.20. The molecule has 0 aliphatic carbocycles. The summed E-state index contributed by atoms with van der Waals surface area (Å²) in [6.45, 7) is 2.00. The summed E-state index contributed by atoms with van der Waals surface area (Å²) in [7, 11) is 0. The molecule has 17 heavy (non-hydrogen) atoms. The van der Waals surface area contributed by atoms with E-state index in [-0.39, 0.29) is 11.6 Å². The van der Waals surface area contributed by atoms with Crippen molar-refractivity contribution in [2.24, 2.45) is 0 Å². The molecule has 0 bridgehead atoms. The highest BCUT2D eigenvalue weighted by molar-refractivity contribution is 9.08. The summed E-state index contributed by atoms with van der Waals surface area (Å²) in [5, 5.41) is 0.804. The van der Waals surface area contributed by atoms with Gasteiger partial charge in [0.05, 0.1) is 0 Å². The molecule has 0 atom stereocenters. The molecule has 0 fully saturated rings. The summed E-state index contributed by atoms with van der Waals surface area (Å²) < 4.78 is 18.9. The minimum Gasteiger partial charge on any atom is -0.454 e. The van der Waals surface area contributed by atoms with E-state index in [1.165, 1.54) is 11.6 Å². The average molecular weight is 295 g/mol. The Balaban J connectivity index is 2.25. The predicted octanol–water partition coefficient (Wildman–Crippen LogP) is 4.82. The lowest BCUT2D eigenvalue weighted by Crippen LogP contribution is -1.90. The summed E-state index contributed by atoms with van der Waals surface area (Å²) in [4.78, 5) is 0. The van der Waals surface area contributed by atoms with Crippen LogP contribution in [0.2, 0.25) is 0 Å². The maximum Gasteiger partial charge on any atom is 0.165 e. The van der Waals surface area contributed by atoms with Gasteiger partial charge in [-0.25, -0.2) is 4.39 Å². The summed E-state index contributed by atoms with van der Waals surface area (Å²) in [5.41, 5.74) is 2.32. The van der Waals surface area contributed by atoms with Crippen molar-refractivity contribution in [3.05, 3.63) is 59.4 Å². The van der Waals surface area contributed by atoms with Gasteiger partial charge in [0.25, 0.3) is 0 Å². The quantitative estimate of drug-likeness (QED) is 0.737. The number of alkyl halides is 1. The number of ether oxygens (including phenoxy) is 1. The molecular weight excluding hydrogens is 283 g/mol. The van der Waals surface area contributed by atoms with E-state index in [9.17, 15) is 4.39 Å². The summed E-state index contributed by atoms with van der Waals surface area (Å²) >= 11 is 3.41. The lowest BCUT2D eigenvalue weighted by molar-refractivity contribution is 0.442. The number of para-hydroxylation sites is 1. The topological polar surface area (TPSA) is 9.23 Å². The van der Waals surface area contributed by atoms with E-state index < -0.39 is 0 Å². The van der Waals surface area contributed by atoms with Crippen LogP contribution in [0.5, 0.6) is 11.5 Å².